The van der Waals surface area contributed by atoms with E-state index in [1.54, 1.807) is 11.8 Å². The van der Waals surface area contributed by atoms with Crippen molar-refractivity contribution in [3.63, 3.8) is 0 Å². The van der Waals surface area contributed by atoms with Crippen LogP contribution in [0.15, 0.2) is 12.1 Å². The smallest absolute Gasteiger partial charge is 0.222 e. The van der Waals surface area contributed by atoms with Gasteiger partial charge in [-0.25, -0.2) is 4.98 Å². The summed E-state index contributed by atoms with van der Waals surface area (Å²) < 4.78 is 0. The van der Waals surface area contributed by atoms with Crippen molar-refractivity contribution in [3.8, 4) is 0 Å². The van der Waals surface area contributed by atoms with Crippen LogP contribution in [-0.2, 0) is 4.79 Å². The Labute approximate surface area is 124 Å². The SMILES string of the molecule is CC(=O)N1CN(c2cc(N)c3c(C)c(C)c(C)cc3n2)C1. The molecule has 0 bridgehead atoms. The molecule has 5 nitrogen and oxygen atoms in total. The van der Waals surface area contributed by atoms with Gasteiger partial charge in [-0.05, 0) is 43.5 Å². The fourth-order valence-corrected chi connectivity index (χ4v) is 2.76. The highest BCUT2D eigenvalue weighted by Gasteiger charge is 2.27. The Morgan fingerprint density at radius 2 is 1.86 bits per heavy atom. The lowest BCUT2D eigenvalue weighted by Crippen LogP contribution is -2.57. The van der Waals surface area contributed by atoms with Crippen molar-refractivity contribution in [3.05, 3.63) is 28.8 Å². The molecule has 1 fully saturated rings. The number of hydrogen-bond acceptors (Lipinski definition) is 4. The Morgan fingerprint density at radius 3 is 2.48 bits per heavy atom. The maximum atomic E-state index is 11.3. The average molecular weight is 284 g/mol. The molecule has 2 heterocycles. The van der Waals surface area contributed by atoms with Gasteiger partial charge < -0.3 is 15.5 Å². The maximum Gasteiger partial charge on any atom is 0.222 e. The van der Waals surface area contributed by atoms with Crippen LogP contribution in [0.25, 0.3) is 10.9 Å². The molecule has 2 aromatic rings. The Balaban J connectivity index is 2.04. The number of carbonyl (C=O) groups is 1. The van der Waals surface area contributed by atoms with Crippen molar-refractivity contribution in [2.45, 2.75) is 27.7 Å². The summed E-state index contributed by atoms with van der Waals surface area (Å²) in [7, 11) is 0. The maximum absolute atomic E-state index is 11.3. The molecule has 1 aliphatic rings. The molecule has 110 valence electrons. The van der Waals surface area contributed by atoms with Crippen LogP contribution in [0.1, 0.15) is 23.6 Å². The number of nitrogens with two attached hydrogens (primary N) is 1. The zero-order valence-electron chi connectivity index (χ0n) is 12.9. The first-order valence-corrected chi connectivity index (χ1v) is 7.06. The molecule has 1 aliphatic heterocycles. The summed E-state index contributed by atoms with van der Waals surface area (Å²) in [5, 5.41) is 1.03. The van der Waals surface area contributed by atoms with Gasteiger partial charge in [-0.1, -0.05) is 0 Å². The predicted octanol–water partition coefficient (Wildman–Crippen LogP) is 2.33. The molecule has 21 heavy (non-hydrogen) atoms. The van der Waals surface area contributed by atoms with Gasteiger partial charge in [0, 0.05) is 24.1 Å². The molecule has 5 heteroatoms. The molecule has 1 amide bonds. The first kappa shape index (κ1) is 13.7. The standard InChI is InChI=1S/C16H20N4O/c1-9-5-14-16(11(3)10(9)2)13(17)6-15(18-14)20-7-19(8-20)12(4)21/h5-6H,7-8H2,1-4H3,(H2,17,18). The zero-order valence-corrected chi connectivity index (χ0v) is 12.9. The number of pyridine rings is 1. The number of rotatable bonds is 1. The van der Waals surface area contributed by atoms with Crippen LogP contribution in [0.2, 0.25) is 0 Å². The van der Waals surface area contributed by atoms with Crippen LogP contribution in [0, 0.1) is 20.8 Å². The second-order valence-electron chi connectivity index (χ2n) is 5.79. The van der Waals surface area contributed by atoms with E-state index >= 15 is 0 Å². The number of carbonyl (C=O) groups excluding carboxylic acids is 1. The highest BCUT2D eigenvalue weighted by molar-refractivity contribution is 5.96. The summed E-state index contributed by atoms with van der Waals surface area (Å²) in [6.45, 7) is 9.03. The summed E-state index contributed by atoms with van der Waals surface area (Å²) in [4.78, 5) is 19.8. The van der Waals surface area contributed by atoms with Crippen molar-refractivity contribution in [1.82, 2.24) is 9.88 Å². The summed E-state index contributed by atoms with van der Waals surface area (Å²) in [5.41, 5.74) is 11.6. The molecule has 0 spiro atoms. The third-order valence-electron chi connectivity index (χ3n) is 4.40. The summed E-state index contributed by atoms with van der Waals surface area (Å²) in [6, 6.07) is 3.99. The average Bonchev–Trinajstić information content (AvgIpc) is 2.33. The van der Waals surface area contributed by atoms with E-state index in [1.807, 2.05) is 11.0 Å². The van der Waals surface area contributed by atoms with Crippen molar-refractivity contribution < 1.29 is 4.79 Å². The number of benzene rings is 1. The van der Waals surface area contributed by atoms with Crippen LogP contribution < -0.4 is 10.6 Å². The first-order chi connectivity index (χ1) is 9.88. The fourth-order valence-electron chi connectivity index (χ4n) is 2.76. The fraction of sp³-hybridized carbons (Fsp3) is 0.375. The van der Waals surface area contributed by atoms with Crippen LogP contribution in [0.4, 0.5) is 11.5 Å². The van der Waals surface area contributed by atoms with Crippen LogP contribution in [-0.4, -0.2) is 29.1 Å². The summed E-state index contributed by atoms with van der Waals surface area (Å²) in [6.07, 6.45) is 0. The number of nitrogen functional groups attached to an aromatic ring is 1. The van der Waals surface area contributed by atoms with Gasteiger partial charge in [0.1, 0.15) is 5.82 Å². The minimum atomic E-state index is 0.0855. The quantitative estimate of drug-likeness (QED) is 0.873. The Bertz CT molecular complexity index is 748. The van der Waals surface area contributed by atoms with E-state index in [4.69, 9.17) is 10.7 Å². The number of aryl methyl sites for hydroxylation is 2. The zero-order chi connectivity index (χ0) is 15.3. The molecule has 0 unspecified atom stereocenters. The van der Waals surface area contributed by atoms with E-state index < -0.39 is 0 Å². The Morgan fingerprint density at radius 1 is 1.19 bits per heavy atom. The third-order valence-corrected chi connectivity index (χ3v) is 4.40. The van der Waals surface area contributed by atoms with Crippen molar-refractivity contribution >= 4 is 28.3 Å². The molecule has 0 atom stereocenters. The number of hydrogen-bond donors (Lipinski definition) is 1. The largest absolute Gasteiger partial charge is 0.398 e. The number of anilines is 2. The lowest BCUT2D eigenvalue weighted by atomic mass is 9.98. The number of fused-ring (bicyclic) bond motifs is 1. The van der Waals surface area contributed by atoms with Gasteiger partial charge in [0.15, 0.2) is 0 Å². The second-order valence-corrected chi connectivity index (χ2v) is 5.79. The first-order valence-electron chi connectivity index (χ1n) is 7.06. The van der Waals surface area contributed by atoms with Gasteiger partial charge >= 0.3 is 0 Å². The highest BCUT2D eigenvalue weighted by Crippen LogP contribution is 2.32. The summed E-state index contributed by atoms with van der Waals surface area (Å²) in [5.74, 6) is 0.919. The van der Waals surface area contributed by atoms with E-state index in [1.165, 1.54) is 16.7 Å². The van der Waals surface area contributed by atoms with E-state index in [9.17, 15) is 4.79 Å². The van der Waals surface area contributed by atoms with Crippen molar-refractivity contribution in [2.24, 2.45) is 0 Å². The molecule has 1 aromatic heterocycles. The normalized spacial score (nSPS) is 14.5. The van der Waals surface area contributed by atoms with Gasteiger partial charge in [0.2, 0.25) is 5.91 Å². The Kier molecular flexibility index (Phi) is 3.01. The van der Waals surface area contributed by atoms with Gasteiger partial charge in [0.25, 0.3) is 0 Å². The van der Waals surface area contributed by atoms with E-state index in [0.29, 0.717) is 13.3 Å². The van der Waals surface area contributed by atoms with E-state index in [0.717, 1.165) is 22.4 Å². The monoisotopic (exact) mass is 284 g/mol. The minimum absolute atomic E-state index is 0.0855. The molecule has 0 radical (unpaired) electrons. The van der Waals surface area contributed by atoms with Crippen LogP contribution >= 0.6 is 0 Å². The number of nitrogens with zero attached hydrogens (tertiary/aromatic N) is 3. The van der Waals surface area contributed by atoms with Gasteiger partial charge in [0.05, 0.1) is 18.9 Å². The van der Waals surface area contributed by atoms with E-state index in [2.05, 4.69) is 26.8 Å². The molecular weight excluding hydrogens is 264 g/mol. The molecule has 1 saturated heterocycles. The predicted molar refractivity (Wildman–Crippen MR) is 85.1 cm³/mol. The lowest BCUT2D eigenvalue weighted by Gasteiger charge is -2.42. The van der Waals surface area contributed by atoms with Crippen molar-refractivity contribution in [2.75, 3.05) is 24.0 Å². The Hall–Kier alpha value is -2.30. The van der Waals surface area contributed by atoms with Gasteiger partial charge in [-0.15, -0.1) is 0 Å². The molecular formula is C16H20N4O. The number of amides is 1. The molecule has 0 aliphatic carbocycles. The van der Waals surface area contributed by atoms with Crippen molar-refractivity contribution in [1.29, 1.82) is 0 Å². The second kappa shape index (κ2) is 4.62. The number of aromatic nitrogens is 1. The van der Waals surface area contributed by atoms with E-state index in [-0.39, 0.29) is 5.91 Å². The molecule has 1 aromatic carbocycles. The minimum Gasteiger partial charge on any atom is -0.398 e. The topological polar surface area (TPSA) is 62.5 Å². The molecule has 0 saturated carbocycles. The molecule has 2 N–H and O–H groups in total. The molecule has 3 rings (SSSR count). The summed E-state index contributed by atoms with van der Waals surface area (Å²) >= 11 is 0. The third kappa shape index (κ3) is 2.09. The lowest BCUT2D eigenvalue weighted by molar-refractivity contribution is -0.131. The van der Waals surface area contributed by atoms with Crippen LogP contribution in [0.5, 0.6) is 0 Å². The highest BCUT2D eigenvalue weighted by atomic mass is 16.2. The van der Waals surface area contributed by atoms with Gasteiger partial charge in [-0.2, -0.15) is 0 Å². The van der Waals surface area contributed by atoms with Crippen LogP contribution in [0.3, 0.4) is 0 Å². The van der Waals surface area contributed by atoms with Gasteiger partial charge in [-0.3, -0.25) is 4.79 Å².